The van der Waals surface area contributed by atoms with Crippen molar-refractivity contribution in [2.24, 2.45) is 0 Å². The molecule has 2 aliphatic rings. The molecule has 0 radical (unpaired) electrons. The predicted octanol–water partition coefficient (Wildman–Crippen LogP) is 1.67. The van der Waals surface area contributed by atoms with Crippen LogP contribution in [0.2, 0.25) is 0 Å². The Labute approximate surface area is 134 Å². The summed E-state index contributed by atoms with van der Waals surface area (Å²) >= 11 is 0. The quantitative estimate of drug-likeness (QED) is 0.857. The Morgan fingerprint density at radius 1 is 1.30 bits per heavy atom. The van der Waals surface area contributed by atoms with E-state index in [1.54, 1.807) is 18.2 Å². The first kappa shape index (κ1) is 15.5. The number of fused-ring (bicyclic) bond motifs is 1. The van der Waals surface area contributed by atoms with Gasteiger partial charge in [-0.2, -0.15) is 0 Å². The number of carbonyl (C=O) groups is 3. The fraction of sp³-hybridized carbons (Fsp3) is 0.471. The van der Waals surface area contributed by atoms with Crippen molar-refractivity contribution in [2.75, 3.05) is 18.1 Å². The fourth-order valence-corrected chi connectivity index (χ4v) is 3.08. The lowest BCUT2D eigenvalue weighted by Crippen LogP contribution is -2.46. The second kappa shape index (κ2) is 6.40. The van der Waals surface area contributed by atoms with Crippen molar-refractivity contribution in [1.29, 1.82) is 0 Å². The highest BCUT2D eigenvalue weighted by molar-refractivity contribution is 6.04. The zero-order valence-corrected chi connectivity index (χ0v) is 13.1. The average Bonchev–Trinajstić information content (AvgIpc) is 3.02. The van der Waals surface area contributed by atoms with Crippen LogP contribution in [0.25, 0.3) is 0 Å². The molecule has 1 aromatic carbocycles. The highest BCUT2D eigenvalue weighted by Crippen LogP contribution is 2.33. The van der Waals surface area contributed by atoms with Crippen molar-refractivity contribution in [3.63, 3.8) is 0 Å². The zero-order chi connectivity index (χ0) is 16.4. The predicted molar refractivity (Wildman–Crippen MR) is 84.7 cm³/mol. The Kier molecular flexibility index (Phi) is 4.32. The van der Waals surface area contributed by atoms with E-state index in [-0.39, 0.29) is 36.8 Å². The molecule has 0 spiro atoms. The Balaban J connectivity index is 1.78. The lowest BCUT2D eigenvalue weighted by molar-refractivity contribution is -0.125. The Morgan fingerprint density at radius 3 is 2.74 bits per heavy atom. The van der Waals surface area contributed by atoms with Gasteiger partial charge in [-0.25, -0.2) is 0 Å². The van der Waals surface area contributed by atoms with Crippen molar-refractivity contribution in [2.45, 2.75) is 38.6 Å². The molecular formula is C17H20N2O4. The van der Waals surface area contributed by atoms with Gasteiger partial charge in [-0.3, -0.25) is 19.3 Å². The maximum absolute atomic E-state index is 12.2. The summed E-state index contributed by atoms with van der Waals surface area (Å²) in [6, 6.07) is 5.15. The molecule has 1 aliphatic carbocycles. The van der Waals surface area contributed by atoms with E-state index in [9.17, 15) is 14.4 Å². The van der Waals surface area contributed by atoms with E-state index < -0.39 is 0 Å². The molecule has 122 valence electrons. The minimum absolute atomic E-state index is 0.0486. The summed E-state index contributed by atoms with van der Waals surface area (Å²) < 4.78 is 5.38. The lowest BCUT2D eigenvalue weighted by Gasteiger charge is -2.29. The van der Waals surface area contributed by atoms with E-state index in [2.05, 4.69) is 5.32 Å². The van der Waals surface area contributed by atoms with Crippen molar-refractivity contribution in [3.8, 4) is 5.75 Å². The van der Waals surface area contributed by atoms with Gasteiger partial charge in [0.1, 0.15) is 12.3 Å². The van der Waals surface area contributed by atoms with Crippen LogP contribution in [0, 0.1) is 0 Å². The number of ether oxygens (including phenoxy) is 1. The highest BCUT2D eigenvalue weighted by atomic mass is 16.5. The standard InChI is InChI=1S/C17H20N2O4/c1-11(20)12-6-7-15-14(8-12)19(17(22)10-23-15)9-16(21)18-13-4-2-3-5-13/h6-8,13H,2-5,9-10H2,1H3,(H,18,21). The molecule has 1 heterocycles. The summed E-state index contributed by atoms with van der Waals surface area (Å²) in [5.41, 5.74) is 0.971. The van der Waals surface area contributed by atoms with Gasteiger partial charge < -0.3 is 10.1 Å². The highest BCUT2D eigenvalue weighted by Gasteiger charge is 2.29. The van der Waals surface area contributed by atoms with Crippen molar-refractivity contribution in [3.05, 3.63) is 23.8 Å². The van der Waals surface area contributed by atoms with Gasteiger partial charge in [-0.05, 0) is 38.0 Å². The Morgan fingerprint density at radius 2 is 2.04 bits per heavy atom. The molecule has 1 fully saturated rings. The Hall–Kier alpha value is -2.37. The molecule has 1 aromatic rings. The molecule has 0 saturated heterocycles. The maximum atomic E-state index is 12.2. The number of carbonyl (C=O) groups excluding carboxylic acids is 3. The van der Waals surface area contributed by atoms with E-state index in [0.29, 0.717) is 17.0 Å². The molecule has 0 aromatic heterocycles. The number of benzene rings is 1. The van der Waals surface area contributed by atoms with Gasteiger partial charge >= 0.3 is 0 Å². The summed E-state index contributed by atoms with van der Waals surface area (Å²) in [6.45, 7) is 1.32. The Bertz CT molecular complexity index is 650. The van der Waals surface area contributed by atoms with Crippen LogP contribution >= 0.6 is 0 Å². The summed E-state index contributed by atoms with van der Waals surface area (Å²) in [7, 11) is 0. The molecule has 23 heavy (non-hydrogen) atoms. The molecule has 1 aliphatic heterocycles. The maximum Gasteiger partial charge on any atom is 0.265 e. The summed E-state index contributed by atoms with van der Waals surface area (Å²) in [5, 5.41) is 2.97. The van der Waals surface area contributed by atoms with E-state index in [1.807, 2.05) is 0 Å². The van der Waals surface area contributed by atoms with Crippen LogP contribution in [-0.2, 0) is 9.59 Å². The number of hydrogen-bond donors (Lipinski definition) is 1. The number of hydrogen-bond acceptors (Lipinski definition) is 4. The number of nitrogens with one attached hydrogen (secondary N) is 1. The molecule has 1 N–H and O–H groups in total. The lowest BCUT2D eigenvalue weighted by atomic mass is 10.1. The van der Waals surface area contributed by atoms with E-state index >= 15 is 0 Å². The SMILES string of the molecule is CC(=O)c1ccc2c(c1)N(CC(=O)NC1CCCC1)C(=O)CO2. The van der Waals surface area contributed by atoms with Gasteiger partial charge in [0.25, 0.3) is 5.91 Å². The molecular weight excluding hydrogens is 296 g/mol. The second-order valence-corrected chi connectivity index (χ2v) is 6.06. The largest absolute Gasteiger partial charge is 0.482 e. The number of amides is 2. The number of anilines is 1. The van der Waals surface area contributed by atoms with Crippen LogP contribution < -0.4 is 15.0 Å². The first-order chi connectivity index (χ1) is 11.0. The minimum Gasteiger partial charge on any atom is -0.482 e. The van der Waals surface area contributed by atoms with Gasteiger partial charge in [-0.15, -0.1) is 0 Å². The average molecular weight is 316 g/mol. The van der Waals surface area contributed by atoms with Crippen LogP contribution in [0.15, 0.2) is 18.2 Å². The smallest absolute Gasteiger partial charge is 0.265 e. The van der Waals surface area contributed by atoms with Crippen molar-refractivity contribution < 1.29 is 19.1 Å². The van der Waals surface area contributed by atoms with Crippen molar-refractivity contribution in [1.82, 2.24) is 5.32 Å². The fourth-order valence-electron chi connectivity index (χ4n) is 3.08. The van der Waals surface area contributed by atoms with Gasteiger partial charge in [0.2, 0.25) is 5.91 Å². The van der Waals surface area contributed by atoms with Gasteiger partial charge in [0.05, 0.1) is 5.69 Å². The van der Waals surface area contributed by atoms with Crippen molar-refractivity contribution >= 4 is 23.3 Å². The molecule has 0 unspecified atom stereocenters. The molecule has 2 amide bonds. The third kappa shape index (κ3) is 3.36. The number of rotatable bonds is 4. The second-order valence-electron chi connectivity index (χ2n) is 6.06. The number of nitrogens with zero attached hydrogens (tertiary/aromatic N) is 1. The topological polar surface area (TPSA) is 75.7 Å². The van der Waals surface area contributed by atoms with Gasteiger partial charge in [0, 0.05) is 11.6 Å². The van der Waals surface area contributed by atoms with Crippen LogP contribution in [0.5, 0.6) is 5.75 Å². The molecule has 6 heteroatoms. The van der Waals surface area contributed by atoms with E-state index in [4.69, 9.17) is 4.74 Å². The zero-order valence-electron chi connectivity index (χ0n) is 13.1. The first-order valence-corrected chi connectivity index (χ1v) is 7.92. The first-order valence-electron chi connectivity index (χ1n) is 7.92. The van der Waals surface area contributed by atoms with Crippen LogP contribution in [0.4, 0.5) is 5.69 Å². The molecule has 0 atom stereocenters. The van der Waals surface area contributed by atoms with Crippen LogP contribution in [0.3, 0.4) is 0 Å². The van der Waals surface area contributed by atoms with Gasteiger partial charge in [-0.1, -0.05) is 12.8 Å². The summed E-state index contributed by atoms with van der Waals surface area (Å²) in [5.74, 6) is -0.0319. The third-order valence-electron chi connectivity index (χ3n) is 4.33. The molecule has 6 nitrogen and oxygen atoms in total. The molecule has 0 bridgehead atoms. The molecule has 1 saturated carbocycles. The minimum atomic E-state index is -0.278. The van der Waals surface area contributed by atoms with E-state index in [0.717, 1.165) is 25.7 Å². The normalized spacial score (nSPS) is 17.6. The van der Waals surface area contributed by atoms with E-state index in [1.165, 1.54) is 11.8 Å². The number of ketones is 1. The van der Waals surface area contributed by atoms with Gasteiger partial charge in [0.15, 0.2) is 12.4 Å². The third-order valence-corrected chi connectivity index (χ3v) is 4.33. The monoisotopic (exact) mass is 316 g/mol. The van der Waals surface area contributed by atoms with Crippen LogP contribution in [0.1, 0.15) is 43.0 Å². The number of Topliss-reactive ketones (excluding diaryl/α,β-unsaturated/α-hetero) is 1. The molecule has 3 rings (SSSR count). The summed E-state index contributed by atoms with van der Waals surface area (Å²) in [6.07, 6.45) is 4.25. The van der Waals surface area contributed by atoms with Crippen LogP contribution in [-0.4, -0.2) is 36.8 Å². The summed E-state index contributed by atoms with van der Waals surface area (Å²) in [4.78, 5) is 37.3.